The lowest BCUT2D eigenvalue weighted by Crippen LogP contribution is -2.30. The molecule has 0 rings (SSSR count). The molecule has 0 aliphatic rings. The minimum absolute atomic E-state index is 0.0644. The number of ether oxygens (including phenoxy) is 3. The molecule has 0 aromatic heterocycles. The fourth-order valence-electron chi connectivity index (χ4n) is 7.16. The van der Waals surface area contributed by atoms with E-state index in [0.717, 1.165) is 63.7 Å². The second-order valence-corrected chi connectivity index (χ2v) is 16.9. The van der Waals surface area contributed by atoms with Crippen LogP contribution in [0, 0.1) is 5.92 Å². The van der Waals surface area contributed by atoms with Crippen molar-refractivity contribution in [2.75, 3.05) is 13.2 Å². The van der Waals surface area contributed by atoms with E-state index in [-0.39, 0.29) is 31.1 Å². The van der Waals surface area contributed by atoms with Gasteiger partial charge in [0.1, 0.15) is 13.2 Å². The van der Waals surface area contributed by atoms with Crippen LogP contribution in [0.2, 0.25) is 0 Å². The molecular weight excluding hydrogens is 673 g/mol. The minimum atomic E-state index is -0.760. The van der Waals surface area contributed by atoms with Crippen molar-refractivity contribution < 1.29 is 28.6 Å². The molecule has 0 aromatic rings. The molecule has 0 bridgehead atoms. The molecular formula is C48H92O6. The summed E-state index contributed by atoms with van der Waals surface area (Å²) in [6.07, 6.45) is 42.4. The number of carbonyl (C=O) groups excluding carboxylic acids is 3. The number of carbonyl (C=O) groups is 3. The molecule has 0 aliphatic carbocycles. The van der Waals surface area contributed by atoms with Crippen molar-refractivity contribution in [2.45, 2.75) is 271 Å². The van der Waals surface area contributed by atoms with Gasteiger partial charge >= 0.3 is 17.9 Å². The van der Waals surface area contributed by atoms with E-state index in [9.17, 15) is 14.4 Å². The number of hydrogen-bond acceptors (Lipinski definition) is 6. The van der Waals surface area contributed by atoms with E-state index in [2.05, 4.69) is 27.7 Å². The molecule has 0 heterocycles. The van der Waals surface area contributed by atoms with Crippen LogP contribution in [0.4, 0.5) is 0 Å². The van der Waals surface area contributed by atoms with Crippen molar-refractivity contribution in [1.82, 2.24) is 0 Å². The molecule has 320 valence electrons. The Kier molecular flexibility index (Phi) is 41.3. The molecule has 0 aromatic carbocycles. The molecule has 0 saturated heterocycles. The molecule has 0 aliphatic heterocycles. The van der Waals surface area contributed by atoms with Crippen LogP contribution in [-0.2, 0) is 28.6 Å². The molecule has 6 heteroatoms. The Bertz CT molecular complexity index is 811. The first kappa shape index (κ1) is 52.4. The average molecular weight is 765 g/mol. The van der Waals surface area contributed by atoms with Crippen LogP contribution in [-0.4, -0.2) is 37.2 Å². The maximum absolute atomic E-state index is 12.7. The van der Waals surface area contributed by atoms with Gasteiger partial charge in [-0.15, -0.1) is 0 Å². The monoisotopic (exact) mass is 765 g/mol. The molecule has 0 saturated carbocycles. The first-order chi connectivity index (χ1) is 26.4. The van der Waals surface area contributed by atoms with E-state index in [0.29, 0.717) is 19.3 Å². The molecule has 54 heavy (non-hydrogen) atoms. The Morgan fingerprint density at radius 1 is 0.352 bits per heavy atom. The highest BCUT2D eigenvalue weighted by atomic mass is 16.6. The van der Waals surface area contributed by atoms with Gasteiger partial charge in [0.25, 0.3) is 0 Å². The van der Waals surface area contributed by atoms with Crippen molar-refractivity contribution >= 4 is 17.9 Å². The first-order valence-electron chi connectivity index (χ1n) is 23.9. The van der Waals surface area contributed by atoms with Gasteiger partial charge in [0.15, 0.2) is 6.10 Å². The fraction of sp³-hybridized carbons (Fsp3) is 0.938. The van der Waals surface area contributed by atoms with Gasteiger partial charge in [-0.3, -0.25) is 14.4 Å². The summed E-state index contributed by atoms with van der Waals surface area (Å²) in [7, 11) is 0. The van der Waals surface area contributed by atoms with Gasteiger partial charge in [0, 0.05) is 19.3 Å². The zero-order valence-electron chi connectivity index (χ0n) is 36.7. The predicted molar refractivity (Wildman–Crippen MR) is 229 cm³/mol. The molecule has 0 N–H and O–H groups in total. The number of esters is 3. The summed E-state index contributed by atoms with van der Waals surface area (Å²) in [6.45, 7) is 8.94. The summed E-state index contributed by atoms with van der Waals surface area (Å²) < 4.78 is 16.7. The second kappa shape index (κ2) is 42.6. The van der Waals surface area contributed by atoms with Gasteiger partial charge in [-0.2, -0.15) is 0 Å². The Hall–Kier alpha value is -1.59. The van der Waals surface area contributed by atoms with Crippen molar-refractivity contribution in [3.8, 4) is 0 Å². The highest BCUT2D eigenvalue weighted by Crippen LogP contribution is 2.16. The summed E-state index contributed by atoms with van der Waals surface area (Å²) in [5.74, 6) is -0.0963. The maximum atomic E-state index is 12.7. The molecule has 0 unspecified atom stereocenters. The van der Waals surface area contributed by atoms with E-state index in [4.69, 9.17) is 14.2 Å². The topological polar surface area (TPSA) is 78.9 Å². The lowest BCUT2D eigenvalue weighted by molar-refractivity contribution is -0.167. The molecule has 1 atom stereocenters. The van der Waals surface area contributed by atoms with Crippen LogP contribution in [0.3, 0.4) is 0 Å². The van der Waals surface area contributed by atoms with Crippen molar-refractivity contribution in [3.05, 3.63) is 0 Å². The zero-order chi connectivity index (χ0) is 39.6. The third-order valence-corrected chi connectivity index (χ3v) is 10.8. The minimum Gasteiger partial charge on any atom is -0.462 e. The van der Waals surface area contributed by atoms with Crippen LogP contribution < -0.4 is 0 Å². The Labute approximate surface area is 336 Å². The van der Waals surface area contributed by atoms with Crippen molar-refractivity contribution in [3.63, 3.8) is 0 Å². The Morgan fingerprint density at radius 3 is 0.907 bits per heavy atom. The Balaban J connectivity index is 4.28. The molecule has 0 amide bonds. The zero-order valence-corrected chi connectivity index (χ0v) is 36.7. The van der Waals surface area contributed by atoms with Crippen LogP contribution >= 0.6 is 0 Å². The Morgan fingerprint density at radius 2 is 0.611 bits per heavy atom. The molecule has 0 radical (unpaired) electrons. The van der Waals surface area contributed by atoms with Crippen molar-refractivity contribution in [1.29, 1.82) is 0 Å². The van der Waals surface area contributed by atoms with E-state index >= 15 is 0 Å². The van der Waals surface area contributed by atoms with Crippen LogP contribution in [0.1, 0.15) is 265 Å². The standard InChI is InChI=1S/C48H92O6/c1-5-7-9-11-13-15-17-19-21-23-25-27-32-36-40-47(50)53-43-45(54-48(51)41-37-33-29-28-30-34-38-44(3)4)42-52-46(49)39-35-31-26-24-22-20-18-16-14-12-10-8-6-2/h44-45H,5-43H2,1-4H3/t45-/m0/s1. The fourth-order valence-corrected chi connectivity index (χ4v) is 7.16. The van der Waals surface area contributed by atoms with Crippen molar-refractivity contribution in [2.24, 2.45) is 5.92 Å². The lowest BCUT2D eigenvalue weighted by atomic mass is 10.0. The number of rotatable bonds is 43. The maximum Gasteiger partial charge on any atom is 0.306 e. The van der Waals surface area contributed by atoms with Crippen LogP contribution in [0.25, 0.3) is 0 Å². The first-order valence-corrected chi connectivity index (χ1v) is 23.9. The normalized spacial score (nSPS) is 11.9. The summed E-state index contributed by atoms with van der Waals surface area (Å²) >= 11 is 0. The predicted octanol–water partition coefficient (Wildman–Crippen LogP) is 15.1. The SMILES string of the molecule is CCCCCCCCCCCCCCCCC(=O)OC[C@H](COC(=O)CCCCCCCCCCCCCCC)OC(=O)CCCCCCCCC(C)C. The largest absolute Gasteiger partial charge is 0.462 e. The van der Waals surface area contributed by atoms with Gasteiger partial charge < -0.3 is 14.2 Å². The lowest BCUT2D eigenvalue weighted by Gasteiger charge is -2.18. The summed E-state index contributed by atoms with van der Waals surface area (Å²) in [5.41, 5.74) is 0. The third-order valence-electron chi connectivity index (χ3n) is 10.8. The van der Waals surface area contributed by atoms with Gasteiger partial charge in [-0.25, -0.2) is 0 Å². The highest BCUT2D eigenvalue weighted by molar-refractivity contribution is 5.71. The summed E-state index contributed by atoms with van der Waals surface area (Å²) in [6, 6.07) is 0. The van der Waals surface area contributed by atoms with E-state index in [1.165, 1.54) is 161 Å². The van der Waals surface area contributed by atoms with Gasteiger partial charge in [-0.05, 0) is 25.2 Å². The summed E-state index contributed by atoms with van der Waals surface area (Å²) in [4.78, 5) is 37.7. The summed E-state index contributed by atoms with van der Waals surface area (Å²) in [5, 5.41) is 0. The smallest absolute Gasteiger partial charge is 0.306 e. The van der Waals surface area contributed by atoms with Gasteiger partial charge in [0.2, 0.25) is 0 Å². The van der Waals surface area contributed by atoms with E-state index < -0.39 is 6.10 Å². The van der Waals surface area contributed by atoms with Crippen LogP contribution in [0.5, 0.6) is 0 Å². The van der Waals surface area contributed by atoms with E-state index in [1.807, 2.05) is 0 Å². The molecule has 6 nitrogen and oxygen atoms in total. The number of hydrogen-bond donors (Lipinski definition) is 0. The highest BCUT2D eigenvalue weighted by Gasteiger charge is 2.19. The quantitative estimate of drug-likeness (QED) is 0.0349. The molecule has 0 fully saturated rings. The third kappa shape index (κ3) is 41.6. The van der Waals surface area contributed by atoms with Gasteiger partial charge in [0.05, 0.1) is 0 Å². The number of unbranched alkanes of at least 4 members (excludes halogenated alkanes) is 30. The van der Waals surface area contributed by atoms with E-state index in [1.54, 1.807) is 0 Å². The average Bonchev–Trinajstić information content (AvgIpc) is 3.15. The second-order valence-electron chi connectivity index (χ2n) is 16.9. The van der Waals surface area contributed by atoms with Crippen LogP contribution in [0.15, 0.2) is 0 Å². The van der Waals surface area contributed by atoms with Gasteiger partial charge in [-0.1, -0.05) is 227 Å². The molecule has 0 spiro atoms.